The third-order valence-electron chi connectivity index (χ3n) is 8.17. The van der Waals surface area contributed by atoms with Gasteiger partial charge in [0.1, 0.15) is 5.75 Å². The van der Waals surface area contributed by atoms with Crippen molar-refractivity contribution in [1.82, 2.24) is 0 Å². The summed E-state index contributed by atoms with van der Waals surface area (Å²) in [6, 6.07) is 18.4. The summed E-state index contributed by atoms with van der Waals surface area (Å²) in [6.45, 7) is 16.3. The van der Waals surface area contributed by atoms with Crippen LogP contribution in [-0.4, -0.2) is 16.2 Å². The van der Waals surface area contributed by atoms with Crippen LogP contribution in [0.4, 0.5) is 5.69 Å². The molecule has 0 aliphatic heterocycles. The van der Waals surface area contributed by atoms with Crippen LogP contribution in [-0.2, 0) is 17.3 Å². The lowest BCUT2D eigenvalue weighted by molar-refractivity contribution is 0.0697. The molecule has 0 saturated heterocycles. The van der Waals surface area contributed by atoms with E-state index < -0.39 is 5.97 Å². The number of aromatic hydroxyl groups is 1. The molecule has 1 aliphatic rings. The summed E-state index contributed by atoms with van der Waals surface area (Å²) in [7, 11) is 0. The molecule has 0 amide bonds. The van der Waals surface area contributed by atoms with Crippen LogP contribution in [0.25, 0.3) is 11.6 Å². The van der Waals surface area contributed by atoms with Gasteiger partial charge in [-0.15, -0.1) is 0 Å². The number of hydrogen-bond acceptors (Lipinski definition) is 3. The number of phenols is 1. The number of phenolic OH excluding ortho intramolecular Hbond substituents is 1. The number of rotatable bonds is 5. The summed E-state index contributed by atoms with van der Waals surface area (Å²) >= 11 is 0. The van der Waals surface area contributed by atoms with Crippen LogP contribution in [0, 0.1) is 5.92 Å². The lowest BCUT2D eigenvalue weighted by Gasteiger charge is -2.32. The molecule has 4 heteroatoms. The molecule has 0 saturated carbocycles. The maximum atomic E-state index is 11.1. The molecular formula is C33H41NO3. The van der Waals surface area contributed by atoms with Gasteiger partial charge in [0.05, 0.1) is 5.56 Å². The molecule has 0 bridgehead atoms. The molecule has 0 fully saturated rings. The number of hydrogen-bond donors (Lipinski definition) is 3. The summed E-state index contributed by atoms with van der Waals surface area (Å²) in [5, 5.41) is 17.8. The van der Waals surface area contributed by atoms with Gasteiger partial charge < -0.3 is 15.9 Å². The molecule has 4 N–H and O–H groups in total. The van der Waals surface area contributed by atoms with E-state index in [0.717, 1.165) is 18.4 Å². The molecule has 37 heavy (non-hydrogen) atoms. The van der Waals surface area contributed by atoms with E-state index in [4.69, 9.17) is 15.9 Å². The van der Waals surface area contributed by atoms with Crippen molar-refractivity contribution in [2.45, 2.75) is 72.1 Å². The predicted octanol–water partition coefficient (Wildman–Crippen LogP) is 8.08. The van der Waals surface area contributed by atoms with Crippen molar-refractivity contribution >= 4 is 23.3 Å². The lowest BCUT2D eigenvalue weighted by Crippen LogP contribution is -2.30. The first-order valence-corrected chi connectivity index (χ1v) is 13.0. The molecule has 196 valence electrons. The number of allylic oxidation sites excluding steroid dienone is 1. The summed E-state index contributed by atoms with van der Waals surface area (Å²) < 4.78 is 0. The number of aryl methyl sites for hydroxylation is 1. The number of carboxylic acid groups (broad SMARTS) is 1. The van der Waals surface area contributed by atoms with Crippen LogP contribution < -0.4 is 5.73 Å². The average Bonchev–Trinajstić information content (AvgIpc) is 2.98. The van der Waals surface area contributed by atoms with Crippen molar-refractivity contribution in [3.8, 4) is 5.75 Å². The third kappa shape index (κ3) is 5.90. The van der Waals surface area contributed by atoms with Crippen LogP contribution in [0.2, 0.25) is 0 Å². The molecule has 0 radical (unpaired) electrons. The highest BCUT2D eigenvalue weighted by atomic mass is 16.4. The van der Waals surface area contributed by atoms with Crippen molar-refractivity contribution in [3.05, 3.63) is 94.0 Å². The molecule has 1 unspecified atom stereocenters. The molecular weight excluding hydrogens is 458 g/mol. The van der Waals surface area contributed by atoms with Gasteiger partial charge in [-0.05, 0) is 99.9 Å². The zero-order valence-electron chi connectivity index (χ0n) is 23.2. The number of anilines is 1. The smallest absolute Gasteiger partial charge is 0.335 e. The predicted molar refractivity (Wildman–Crippen MR) is 155 cm³/mol. The molecule has 4 rings (SSSR count). The highest BCUT2D eigenvalue weighted by Crippen LogP contribution is 2.54. The number of nitrogen functional groups attached to an aromatic ring is 1. The first-order chi connectivity index (χ1) is 17.3. The Kier molecular flexibility index (Phi) is 8.22. The summed E-state index contributed by atoms with van der Waals surface area (Å²) in [5.41, 5.74) is 14.6. The molecule has 1 atom stereocenters. The molecule has 3 aromatic rings. The number of nitrogens with two attached hydrogens (primary N) is 1. The van der Waals surface area contributed by atoms with Crippen LogP contribution in [0.15, 0.2) is 60.7 Å². The largest absolute Gasteiger partial charge is 0.508 e. The van der Waals surface area contributed by atoms with Crippen molar-refractivity contribution in [1.29, 1.82) is 0 Å². The highest BCUT2D eigenvalue weighted by molar-refractivity contribution is 5.88. The number of benzene rings is 3. The Hall–Kier alpha value is -3.53. The maximum absolute atomic E-state index is 11.1. The van der Waals surface area contributed by atoms with Gasteiger partial charge in [-0.25, -0.2) is 4.79 Å². The van der Waals surface area contributed by atoms with Crippen molar-refractivity contribution < 1.29 is 15.0 Å². The van der Waals surface area contributed by atoms with E-state index in [9.17, 15) is 4.79 Å². The number of aromatic carboxylic acids is 1. The van der Waals surface area contributed by atoms with Gasteiger partial charge in [-0.3, -0.25) is 0 Å². The lowest BCUT2D eigenvalue weighted by atomic mass is 9.71. The fourth-order valence-corrected chi connectivity index (χ4v) is 5.45. The quantitative estimate of drug-likeness (QED) is 0.188. The average molecular weight is 500 g/mol. The number of carbonyl (C=O) groups is 1. The number of carboxylic acids is 1. The monoisotopic (exact) mass is 499 g/mol. The molecule has 1 aliphatic carbocycles. The summed E-state index contributed by atoms with van der Waals surface area (Å²) in [4.78, 5) is 11.1. The van der Waals surface area contributed by atoms with Gasteiger partial charge in [0.25, 0.3) is 0 Å². The van der Waals surface area contributed by atoms with E-state index in [-0.39, 0.29) is 16.6 Å². The number of fused-ring (bicyclic) bond motifs is 1. The van der Waals surface area contributed by atoms with Crippen molar-refractivity contribution in [2.24, 2.45) is 5.92 Å². The summed E-state index contributed by atoms with van der Waals surface area (Å²) in [6.07, 6.45) is 4.35. The molecule has 3 aromatic carbocycles. The fraction of sp³-hybridized carbons (Fsp3) is 0.364. The van der Waals surface area contributed by atoms with Crippen LogP contribution in [0.5, 0.6) is 5.75 Å². The van der Waals surface area contributed by atoms with E-state index in [1.165, 1.54) is 27.8 Å². The Morgan fingerprint density at radius 2 is 1.49 bits per heavy atom. The van der Waals surface area contributed by atoms with Gasteiger partial charge in [0.2, 0.25) is 0 Å². The van der Waals surface area contributed by atoms with Gasteiger partial charge in [0, 0.05) is 5.69 Å². The van der Waals surface area contributed by atoms with E-state index in [1.807, 2.05) is 12.1 Å². The maximum Gasteiger partial charge on any atom is 0.335 e. The SMILES string of the molecule is CCCc1cc2c(cc1/C(C)=C/c1ccc(C(=O)O)cc1)C(C)(C)C(C)C2(C)C.Nc1ccc(O)cc1. The second-order valence-corrected chi connectivity index (χ2v) is 11.3. The molecule has 0 spiro atoms. The van der Waals surface area contributed by atoms with Crippen LogP contribution in [0.3, 0.4) is 0 Å². The van der Waals surface area contributed by atoms with Crippen LogP contribution >= 0.6 is 0 Å². The molecule has 0 aromatic heterocycles. The highest BCUT2D eigenvalue weighted by Gasteiger charge is 2.48. The van der Waals surface area contributed by atoms with Gasteiger partial charge in [-0.1, -0.05) is 78.3 Å². The second-order valence-electron chi connectivity index (χ2n) is 11.3. The minimum Gasteiger partial charge on any atom is -0.508 e. The first kappa shape index (κ1) is 28.0. The van der Waals surface area contributed by atoms with E-state index in [0.29, 0.717) is 17.2 Å². The third-order valence-corrected chi connectivity index (χ3v) is 8.17. The Morgan fingerprint density at radius 1 is 0.946 bits per heavy atom. The molecule has 4 nitrogen and oxygen atoms in total. The van der Waals surface area contributed by atoms with Crippen molar-refractivity contribution in [2.75, 3.05) is 5.73 Å². The van der Waals surface area contributed by atoms with E-state index in [1.54, 1.807) is 36.4 Å². The zero-order chi connectivity index (χ0) is 27.5. The Bertz CT molecular complexity index is 1260. The van der Waals surface area contributed by atoms with Gasteiger partial charge in [0.15, 0.2) is 0 Å². The van der Waals surface area contributed by atoms with Crippen molar-refractivity contribution in [3.63, 3.8) is 0 Å². The van der Waals surface area contributed by atoms with Gasteiger partial charge in [-0.2, -0.15) is 0 Å². The van der Waals surface area contributed by atoms with E-state index in [2.05, 4.69) is 66.7 Å². The Labute approximate surface area is 221 Å². The second kappa shape index (κ2) is 10.8. The van der Waals surface area contributed by atoms with Crippen LogP contribution in [0.1, 0.15) is 93.1 Å². The minimum absolute atomic E-state index is 0.141. The standard InChI is InChI=1S/C27H34O2.C6H7NO/c1-8-9-21-15-23-24(27(6,7)18(3)26(23,4)5)16-22(21)17(2)14-19-10-12-20(13-11-19)25(28)29;7-5-1-3-6(8)4-2-5/h10-16,18H,8-9H2,1-7H3,(H,28,29);1-4,8H,7H2/b17-14+;. The minimum atomic E-state index is -0.889. The van der Waals surface area contributed by atoms with Gasteiger partial charge >= 0.3 is 5.97 Å². The zero-order valence-corrected chi connectivity index (χ0v) is 23.2. The normalized spacial score (nSPS) is 17.5. The first-order valence-electron chi connectivity index (χ1n) is 13.0. The summed E-state index contributed by atoms with van der Waals surface area (Å²) in [5.74, 6) is -0.0677. The van der Waals surface area contributed by atoms with E-state index >= 15 is 0 Å². The Morgan fingerprint density at radius 3 is 1.97 bits per heavy atom. The molecule has 0 heterocycles. The topological polar surface area (TPSA) is 83.5 Å². The fourth-order valence-electron chi connectivity index (χ4n) is 5.45. The Balaban J connectivity index is 0.000000405.